The number of rotatable bonds is 8. The van der Waals surface area contributed by atoms with Crippen LogP contribution < -0.4 is 15.0 Å². The maximum absolute atomic E-state index is 13.6. The van der Waals surface area contributed by atoms with Gasteiger partial charge >= 0.3 is 0 Å². The van der Waals surface area contributed by atoms with E-state index in [1.54, 1.807) is 0 Å². The van der Waals surface area contributed by atoms with E-state index in [9.17, 15) is 4.79 Å². The maximum Gasteiger partial charge on any atom is 0.253 e. The summed E-state index contributed by atoms with van der Waals surface area (Å²) in [6, 6.07) is 24.2. The van der Waals surface area contributed by atoms with Crippen LogP contribution in [0.15, 0.2) is 77.6 Å². The fourth-order valence-corrected chi connectivity index (χ4v) is 5.96. The maximum atomic E-state index is 13.6. The molecule has 5 aromatic rings. The number of tetrazole rings is 1. The second-order valence-corrected chi connectivity index (χ2v) is 11.0. The van der Waals surface area contributed by atoms with Crippen LogP contribution in [0.25, 0.3) is 10.9 Å². The molecule has 2 aliphatic rings. The quantitative estimate of drug-likeness (QED) is 0.305. The Morgan fingerprint density at radius 3 is 2.60 bits per heavy atom. The Balaban J connectivity index is 1.17. The van der Waals surface area contributed by atoms with E-state index in [1.165, 1.54) is 11.1 Å². The van der Waals surface area contributed by atoms with E-state index in [2.05, 4.69) is 66.7 Å². The highest BCUT2D eigenvalue weighted by Crippen LogP contribution is 2.33. The molecule has 0 spiro atoms. The van der Waals surface area contributed by atoms with Crippen LogP contribution in [-0.2, 0) is 19.5 Å². The Morgan fingerprint density at radius 1 is 0.905 bits per heavy atom. The van der Waals surface area contributed by atoms with Gasteiger partial charge in [-0.2, -0.15) is 0 Å². The van der Waals surface area contributed by atoms with E-state index in [0.717, 1.165) is 67.1 Å². The van der Waals surface area contributed by atoms with E-state index < -0.39 is 0 Å². The lowest BCUT2D eigenvalue weighted by molar-refractivity contribution is 0.0996. The van der Waals surface area contributed by atoms with Crippen molar-refractivity contribution in [3.8, 4) is 11.5 Å². The molecule has 1 N–H and O–H groups in total. The standard InChI is InChI=1S/C32H33N7O3/c1-22-7-9-25-19-26(32(40)33-27(25)17-22)30(31-34-35-36-39(31)12-11-23-5-3-2-4-6-23)38-15-13-37(14-16-38)20-24-8-10-28-29(18-24)42-21-41-28/h2-10,17-19,30H,11-16,20-21H2,1H3,(H,33,40). The number of nitrogens with one attached hydrogen (secondary N) is 1. The number of hydrogen-bond donors (Lipinski definition) is 1. The summed E-state index contributed by atoms with van der Waals surface area (Å²) in [5.74, 6) is 2.29. The molecule has 0 radical (unpaired) electrons. The van der Waals surface area contributed by atoms with Crippen LogP contribution in [-0.4, -0.2) is 68.0 Å². The van der Waals surface area contributed by atoms with Gasteiger partial charge in [0.25, 0.3) is 5.56 Å². The molecule has 1 unspecified atom stereocenters. The lowest BCUT2D eigenvalue weighted by atomic mass is 10.0. The summed E-state index contributed by atoms with van der Waals surface area (Å²) in [5.41, 5.74) is 4.89. The van der Waals surface area contributed by atoms with Crippen LogP contribution in [0, 0.1) is 6.92 Å². The minimum absolute atomic E-state index is 0.113. The lowest BCUT2D eigenvalue weighted by Gasteiger charge is -2.38. The van der Waals surface area contributed by atoms with Gasteiger partial charge in [-0.3, -0.25) is 14.6 Å². The molecule has 1 saturated heterocycles. The van der Waals surface area contributed by atoms with Crippen molar-refractivity contribution in [2.45, 2.75) is 32.5 Å². The Labute approximate surface area is 243 Å². The molecule has 10 heteroatoms. The molecule has 214 valence electrons. The van der Waals surface area contributed by atoms with Crippen molar-refractivity contribution in [2.24, 2.45) is 0 Å². The number of pyridine rings is 1. The molecule has 0 bridgehead atoms. The van der Waals surface area contributed by atoms with Crippen LogP contribution in [0.1, 0.15) is 34.1 Å². The van der Waals surface area contributed by atoms with Crippen molar-refractivity contribution < 1.29 is 9.47 Å². The number of aromatic nitrogens is 5. The van der Waals surface area contributed by atoms with Gasteiger partial charge in [0.15, 0.2) is 17.3 Å². The van der Waals surface area contributed by atoms with Crippen molar-refractivity contribution in [3.05, 3.63) is 111 Å². The number of nitrogens with zero attached hydrogens (tertiary/aromatic N) is 6. The van der Waals surface area contributed by atoms with E-state index in [0.29, 0.717) is 17.9 Å². The largest absolute Gasteiger partial charge is 0.454 e. The zero-order valence-corrected chi connectivity index (χ0v) is 23.6. The highest BCUT2D eigenvalue weighted by molar-refractivity contribution is 5.79. The fourth-order valence-electron chi connectivity index (χ4n) is 5.96. The molecule has 10 nitrogen and oxygen atoms in total. The minimum atomic E-state index is -0.377. The molecule has 2 aliphatic heterocycles. The van der Waals surface area contributed by atoms with Crippen molar-refractivity contribution in [3.63, 3.8) is 0 Å². The van der Waals surface area contributed by atoms with Gasteiger partial charge in [0, 0.05) is 50.3 Å². The van der Waals surface area contributed by atoms with Crippen LogP contribution in [0.5, 0.6) is 11.5 Å². The number of piperazine rings is 1. The molecular formula is C32H33N7O3. The number of aryl methyl sites for hydroxylation is 3. The molecule has 3 aromatic carbocycles. The number of ether oxygens (including phenoxy) is 2. The van der Waals surface area contributed by atoms with Crippen LogP contribution in [0.4, 0.5) is 0 Å². The van der Waals surface area contributed by atoms with Gasteiger partial charge in [0.2, 0.25) is 6.79 Å². The van der Waals surface area contributed by atoms with Crippen molar-refractivity contribution in [2.75, 3.05) is 33.0 Å². The zero-order valence-electron chi connectivity index (χ0n) is 23.6. The topological polar surface area (TPSA) is 101 Å². The molecule has 1 fully saturated rings. The normalized spacial score (nSPS) is 16.2. The second kappa shape index (κ2) is 11.4. The number of benzene rings is 3. The van der Waals surface area contributed by atoms with Crippen molar-refractivity contribution in [1.29, 1.82) is 0 Å². The SMILES string of the molecule is Cc1ccc2cc(C(c3nnnn3CCc3ccccc3)N3CCN(Cc4ccc5c(c4)OCO5)CC3)c(=O)[nH]c2c1. The third kappa shape index (κ3) is 5.38. The van der Waals surface area contributed by atoms with Crippen LogP contribution in [0.3, 0.4) is 0 Å². The first-order valence-corrected chi connectivity index (χ1v) is 14.4. The van der Waals surface area contributed by atoms with Gasteiger partial charge in [0.05, 0.1) is 0 Å². The third-order valence-electron chi connectivity index (χ3n) is 8.20. The van der Waals surface area contributed by atoms with Gasteiger partial charge in [0.1, 0.15) is 6.04 Å². The van der Waals surface area contributed by atoms with Gasteiger partial charge in [-0.25, -0.2) is 4.68 Å². The van der Waals surface area contributed by atoms with Crippen LogP contribution >= 0.6 is 0 Å². The number of hydrogen-bond acceptors (Lipinski definition) is 8. The summed E-state index contributed by atoms with van der Waals surface area (Å²) in [6.07, 6.45) is 0.794. The first-order chi connectivity index (χ1) is 20.6. The van der Waals surface area contributed by atoms with Gasteiger partial charge in [-0.05, 0) is 70.1 Å². The summed E-state index contributed by atoms with van der Waals surface area (Å²) < 4.78 is 12.9. The Hall–Kier alpha value is -4.54. The van der Waals surface area contributed by atoms with Crippen molar-refractivity contribution >= 4 is 10.9 Å². The average molecular weight is 564 g/mol. The van der Waals surface area contributed by atoms with Crippen molar-refractivity contribution in [1.82, 2.24) is 35.0 Å². The summed E-state index contributed by atoms with van der Waals surface area (Å²) in [7, 11) is 0. The Kier molecular flexibility index (Phi) is 7.15. The molecule has 0 saturated carbocycles. The smallest absolute Gasteiger partial charge is 0.253 e. The highest BCUT2D eigenvalue weighted by Gasteiger charge is 2.33. The molecule has 0 amide bonds. The van der Waals surface area contributed by atoms with Gasteiger partial charge in [-0.15, -0.1) is 5.10 Å². The van der Waals surface area contributed by atoms with E-state index >= 15 is 0 Å². The Morgan fingerprint density at radius 2 is 1.74 bits per heavy atom. The molecule has 0 aliphatic carbocycles. The van der Waals surface area contributed by atoms with E-state index in [4.69, 9.17) is 9.47 Å². The number of H-pyrrole nitrogens is 1. The number of fused-ring (bicyclic) bond motifs is 2. The first kappa shape index (κ1) is 26.4. The average Bonchev–Trinajstić information content (AvgIpc) is 3.67. The fraction of sp³-hybridized carbons (Fsp3) is 0.312. The summed E-state index contributed by atoms with van der Waals surface area (Å²) in [6.45, 7) is 6.98. The summed E-state index contributed by atoms with van der Waals surface area (Å²) in [4.78, 5) is 21.5. The van der Waals surface area contributed by atoms with E-state index in [1.807, 2.05) is 48.0 Å². The first-order valence-electron chi connectivity index (χ1n) is 14.4. The van der Waals surface area contributed by atoms with Crippen LogP contribution in [0.2, 0.25) is 0 Å². The van der Waals surface area contributed by atoms with Gasteiger partial charge in [-0.1, -0.05) is 48.5 Å². The van der Waals surface area contributed by atoms with Gasteiger partial charge < -0.3 is 14.5 Å². The summed E-state index contributed by atoms with van der Waals surface area (Å²) >= 11 is 0. The number of aromatic amines is 1. The molecule has 42 heavy (non-hydrogen) atoms. The molecule has 7 rings (SSSR count). The monoisotopic (exact) mass is 563 g/mol. The zero-order chi connectivity index (χ0) is 28.5. The third-order valence-corrected chi connectivity index (χ3v) is 8.20. The molecule has 2 aromatic heterocycles. The lowest BCUT2D eigenvalue weighted by Crippen LogP contribution is -2.48. The predicted molar refractivity (Wildman–Crippen MR) is 159 cm³/mol. The Bertz CT molecular complexity index is 1760. The molecule has 1 atom stereocenters. The molecular weight excluding hydrogens is 530 g/mol. The summed E-state index contributed by atoms with van der Waals surface area (Å²) in [5, 5.41) is 13.9. The second-order valence-electron chi connectivity index (χ2n) is 11.0. The highest BCUT2D eigenvalue weighted by atomic mass is 16.7. The predicted octanol–water partition coefficient (Wildman–Crippen LogP) is 3.70. The minimum Gasteiger partial charge on any atom is -0.454 e. The molecule has 4 heterocycles. The van der Waals surface area contributed by atoms with E-state index in [-0.39, 0.29) is 18.4 Å².